The van der Waals surface area contributed by atoms with E-state index in [1.165, 1.54) is 19.3 Å². The van der Waals surface area contributed by atoms with Gasteiger partial charge in [-0.15, -0.1) is 10.2 Å². The SMILES string of the molecule is CC(C)[C@H]1OCCC[C@H]1Nc1ccnc(NCc2nnc3n2CCCCC3)n1. The Morgan fingerprint density at radius 2 is 2.14 bits per heavy atom. The van der Waals surface area contributed by atoms with Crippen LogP contribution in [-0.4, -0.2) is 43.5 Å². The summed E-state index contributed by atoms with van der Waals surface area (Å²) in [6.07, 6.45) is 8.84. The predicted molar refractivity (Wildman–Crippen MR) is 108 cm³/mol. The lowest BCUT2D eigenvalue weighted by Gasteiger charge is -2.35. The van der Waals surface area contributed by atoms with E-state index in [1.807, 2.05) is 6.07 Å². The molecule has 0 amide bonds. The molecule has 0 aliphatic carbocycles. The summed E-state index contributed by atoms with van der Waals surface area (Å²) in [6, 6.07) is 2.20. The number of rotatable bonds is 6. The van der Waals surface area contributed by atoms with E-state index >= 15 is 0 Å². The second-order valence-corrected chi connectivity index (χ2v) is 8.09. The summed E-state index contributed by atoms with van der Waals surface area (Å²) >= 11 is 0. The third-order valence-electron chi connectivity index (χ3n) is 5.60. The van der Waals surface area contributed by atoms with E-state index < -0.39 is 0 Å². The molecular formula is C20H31N7O. The summed E-state index contributed by atoms with van der Waals surface area (Å²) in [7, 11) is 0. The molecule has 2 aromatic rings. The Hall–Kier alpha value is -2.22. The smallest absolute Gasteiger partial charge is 0.224 e. The minimum atomic E-state index is 0.214. The molecule has 2 aliphatic rings. The molecule has 0 radical (unpaired) electrons. The number of nitrogens with zero attached hydrogens (tertiary/aromatic N) is 5. The molecule has 4 rings (SSSR count). The zero-order valence-electron chi connectivity index (χ0n) is 16.9. The van der Waals surface area contributed by atoms with Crippen LogP contribution in [0.15, 0.2) is 12.3 Å². The van der Waals surface area contributed by atoms with Gasteiger partial charge in [-0.05, 0) is 37.7 Å². The lowest BCUT2D eigenvalue weighted by Crippen LogP contribution is -2.43. The van der Waals surface area contributed by atoms with E-state index in [9.17, 15) is 0 Å². The lowest BCUT2D eigenvalue weighted by atomic mass is 9.94. The van der Waals surface area contributed by atoms with E-state index in [0.29, 0.717) is 18.4 Å². The van der Waals surface area contributed by atoms with Gasteiger partial charge in [0.1, 0.15) is 11.6 Å². The summed E-state index contributed by atoms with van der Waals surface area (Å²) < 4.78 is 8.22. The fourth-order valence-electron chi connectivity index (χ4n) is 4.16. The first-order valence-electron chi connectivity index (χ1n) is 10.6. The monoisotopic (exact) mass is 385 g/mol. The van der Waals surface area contributed by atoms with Gasteiger partial charge < -0.3 is 19.9 Å². The molecule has 2 atom stereocenters. The number of nitrogens with one attached hydrogen (secondary N) is 2. The van der Waals surface area contributed by atoms with Crippen molar-refractivity contribution in [1.82, 2.24) is 24.7 Å². The Morgan fingerprint density at radius 3 is 3.04 bits per heavy atom. The molecule has 8 nitrogen and oxygen atoms in total. The highest BCUT2D eigenvalue weighted by molar-refractivity contribution is 5.40. The van der Waals surface area contributed by atoms with Crippen molar-refractivity contribution in [2.24, 2.45) is 5.92 Å². The van der Waals surface area contributed by atoms with Gasteiger partial charge in [-0.1, -0.05) is 20.3 Å². The zero-order valence-corrected chi connectivity index (χ0v) is 16.9. The number of fused-ring (bicyclic) bond motifs is 1. The van der Waals surface area contributed by atoms with Gasteiger partial charge in [-0.3, -0.25) is 0 Å². The quantitative estimate of drug-likeness (QED) is 0.790. The van der Waals surface area contributed by atoms with Gasteiger partial charge in [0.05, 0.1) is 18.7 Å². The first-order valence-corrected chi connectivity index (χ1v) is 10.6. The van der Waals surface area contributed by atoms with Crippen LogP contribution >= 0.6 is 0 Å². The molecular weight excluding hydrogens is 354 g/mol. The molecule has 1 saturated heterocycles. The molecule has 1 fully saturated rings. The van der Waals surface area contributed by atoms with Crippen LogP contribution in [0.4, 0.5) is 11.8 Å². The van der Waals surface area contributed by atoms with Crippen molar-refractivity contribution in [2.45, 2.75) is 77.6 Å². The molecule has 2 aromatic heterocycles. The van der Waals surface area contributed by atoms with Crippen LogP contribution in [0, 0.1) is 5.92 Å². The third kappa shape index (κ3) is 4.43. The van der Waals surface area contributed by atoms with Crippen LogP contribution in [0.5, 0.6) is 0 Å². The molecule has 2 N–H and O–H groups in total. The van der Waals surface area contributed by atoms with Crippen molar-refractivity contribution in [2.75, 3.05) is 17.2 Å². The van der Waals surface area contributed by atoms with Crippen LogP contribution in [0.1, 0.15) is 57.6 Å². The van der Waals surface area contributed by atoms with Gasteiger partial charge in [0.15, 0.2) is 5.82 Å². The molecule has 0 spiro atoms. The predicted octanol–water partition coefficient (Wildman–Crippen LogP) is 3.02. The first kappa shape index (κ1) is 19.1. The molecule has 4 heterocycles. The van der Waals surface area contributed by atoms with Gasteiger partial charge >= 0.3 is 0 Å². The second-order valence-electron chi connectivity index (χ2n) is 8.09. The van der Waals surface area contributed by atoms with Crippen LogP contribution < -0.4 is 10.6 Å². The maximum atomic E-state index is 5.97. The lowest BCUT2D eigenvalue weighted by molar-refractivity contribution is -0.0203. The molecule has 8 heteroatoms. The van der Waals surface area contributed by atoms with Gasteiger partial charge in [-0.2, -0.15) is 4.98 Å². The minimum Gasteiger partial charge on any atom is -0.376 e. The molecule has 0 bridgehead atoms. The fourth-order valence-corrected chi connectivity index (χ4v) is 4.16. The van der Waals surface area contributed by atoms with Crippen molar-refractivity contribution in [1.29, 1.82) is 0 Å². The molecule has 2 aliphatic heterocycles. The average molecular weight is 386 g/mol. The highest BCUT2D eigenvalue weighted by Gasteiger charge is 2.28. The zero-order chi connectivity index (χ0) is 19.3. The van der Waals surface area contributed by atoms with Crippen molar-refractivity contribution >= 4 is 11.8 Å². The minimum absolute atomic E-state index is 0.214. The highest BCUT2D eigenvalue weighted by Crippen LogP contribution is 2.23. The van der Waals surface area contributed by atoms with E-state index in [1.54, 1.807) is 6.20 Å². The molecule has 28 heavy (non-hydrogen) atoms. The fraction of sp³-hybridized carbons (Fsp3) is 0.700. The number of hydrogen-bond acceptors (Lipinski definition) is 7. The Balaban J connectivity index is 1.40. The van der Waals surface area contributed by atoms with Gasteiger partial charge in [-0.25, -0.2) is 4.98 Å². The molecule has 0 aromatic carbocycles. The number of ether oxygens (including phenoxy) is 1. The van der Waals surface area contributed by atoms with Gasteiger partial charge in [0, 0.05) is 25.8 Å². The Kier molecular flexibility index (Phi) is 6.04. The number of anilines is 2. The average Bonchev–Trinajstić information content (AvgIpc) is 2.93. The second kappa shape index (κ2) is 8.86. The van der Waals surface area contributed by atoms with Crippen molar-refractivity contribution in [3.63, 3.8) is 0 Å². The van der Waals surface area contributed by atoms with Crippen molar-refractivity contribution < 1.29 is 4.74 Å². The van der Waals surface area contributed by atoms with E-state index in [4.69, 9.17) is 4.74 Å². The molecule has 0 saturated carbocycles. The summed E-state index contributed by atoms with van der Waals surface area (Å²) in [6.45, 7) is 6.84. The number of aromatic nitrogens is 5. The Morgan fingerprint density at radius 1 is 1.21 bits per heavy atom. The maximum Gasteiger partial charge on any atom is 0.224 e. The van der Waals surface area contributed by atoms with Crippen molar-refractivity contribution in [3.8, 4) is 0 Å². The van der Waals surface area contributed by atoms with Crippen LogP contribution in [-0.2, 0) is 24.2 Å². The number of hydrogen-bond donors (Lipinski definition) is 2. The van der Waals surface area contributed by atoms with Gasteiger partial charge in [0.2, 0.25) is 5.95 Å². The maximum absolute atomic E-state index is 5.97. The Bertz CT molecular complexity index is 776. The summed E-state index contributed by atoms with van der Waals surface area (Å²) in [5, 5.41) is 15.6. The van der Waals surface area contributed by atoms with Crippen LogP contribution in [0.2, 0.25) is 0 Å². The van der Waals surface area contributed by atoms with Crippen LogP contribution in [0.3, 0.4) is 0 Å². The third-order valence-corrected chi connectivity index (χ3v) is 5.60. The molecule has 152 valence electrons. The van der Waals surface area contributed by atoms with E-state index in [0.717, 1.165) is 49.9 Å². The standard InChI is InChI=1S/C20H31N7O/c1-14(2)19-15(7-6-12-28-19)23-16-9-10-21-20(24-16)22-13-18-26-25-17-8-4-3-5-11-27(17)18/h9-10,14-15,19H,3-8,11-13H2,1-2H3,(H2,21,22,23,24)/t15-,19-/m1/s1. The number of aryl methyl sites for hydroxylation is 1. The summed E-state index contributed by atoms with van der Waals surface area (Å²) in [5.74, 6) is 3.97. The largest absolute Gasteiger partial charge is 0.376 e. The van der Waals surface area contributed by atoms with Gasteiger partial charge in [0.25, 0.3) is 0 Å². The first-order chi connectivity index (χ1) is 13.7. The highest BCUT2D eigenvalue weighted by atomic mass is 16.5. The Labute approximate surface area is 166 Å². The van der Waals surface area contributed by atoms with Crippen LogP contribution in [0.25, 0.3) is 0 Å². The summed E-state index contributed by atoms with van der Waals surface area (Å²) in [4.78, 5) is 9.01. The summed E-state index contributed by atoms with van der Waals surface area (Å²) in [5.41, 5.74) is 0. The normalized spacial score (nSPS) is 22.5. The van der Waals surface area contributed by atoms with E-state index in [2.05, 4.69) is 49.2 Å². The van der Waals surface area contributed by atoms with E-state index in [-0.39, 0.29) is 12.1 Å². The topological polar surface area (TPSA) is 89.8 Å². The van der Waals surface area contributed by atoms with Crippen molar-refractivity contribution in [3.05, 3.63) is 23.9 Å². The molecule has 0 unspecified atom stereocenters.